The van der Waals surface area contributed by atoms with Crippen LogP contribution in [0.4, 0.5) is 5.69 Å². The van der Waals surface area contributed by atoms with Crippen LogP contribution in [0.3, 0.4) is 0 Å². The maximum atomic E-state index is 11.1. The number of unbranched alkanes of at least 4 members (excludes halogenated alkanes) is 1. The second-order valence-electron chi connectivity index (χ2n) is 4.97. The molecule has 0 aliphatic carbocycles. The van der Waals surface area contributed by atoms with Crippen molar-refractivity contribution in [1.82, 2.24) is 5.48 Å². The highest BCUT2D eigenvalue weighted by atomic mass is 16.5. The molecule has 23 heavy (non-hydrogen) atoms. The lowest BCUT2D eigenvalue weighted by Crippen LogP contribution is -2.21. The van der Waals surface area contributed by atoms with Crippen molar-refractivity contribution in [3.05, 3.63) is 59.7 Å². The fraction of sp³-hybridized carbons (Fsp3) is 0.222. The minimum Gasteiger partial charge on any atom is -0.494 e. The molecule has 2 aromatic rings. The van der Waals surface area contributed by atoms with Gasteiger partial charge in [0, 0.05) is 11.1 Å². The second-order valence-corrected chi connectivity index (χ2v) is 4.97. The van der Waals surface area contributed by atoms with E-state index in [0.29, 0.717) is 23.4 Å². The number of nitrogens with zero attached hydrogens (tertiary/aromatic N) is 1. The first-order chi connectivity index (χ1) is 11.3. The average Bonchev–Trinajstić information content (AvgIpc) is 2.61. The fourth-order valence-electron chi connectivity index (χ4n) is 2.04. The summed E-state index contributed by atoms with van der Waals surface area (Å²) in [5.41, 5.74) is 3.69. The molecule has 0 aliphatic rings. The summed E-state index contributed by atoms with van der Waals surface area (Å²) in [6.45, 7) is 2.80. The molecular weight excluding hydrogens is 292 g/mol. The summed E-state index contributed by atoms with van der Waals surface area (Å²) < 4.78 is 5.59. The Morgan fingerprint density at radius 1 is 1.22 bits per heavy atom. The van der Waals surface area contributed by atoms with Crippen molar-refractivity contribution < 1.29 is 14.7 Å². The lowest BCUT2D eigenvalue weighted by atomic mass is 10.1. The maximum Gasteiger partial charge on any atom is 0.158 e. The molecule has 5 nitrogen and oxygen atoms in total. The SMILES string of the molecule is CCCCOc1ccc(N=C(NO)c2ccccc2C=O)cc1. The van der Waals surface area contributed by atoms with E-state index in [1.54, 1.807) is 36.4 Å². The van der Waals surface area contributed by atoms with E-state index in [4.69, 9.17) is 4.74 Å². The number of benzene rings is 2. The zero-order chi connectivity index (χ0) is 16.5. The van der Waals surface area contributed by atoms with Crippen LogP contribution in [0.5, 0.6) is 5.75 Å². The molecule has 0 amide bonds. The van der Waals surface area contributed by atoms with Crippen LogP contribution in [0, 0.1) is 0 Å². The number of aldehydes is 1. The summed E-state index contributed by atoms with van der Waals surface area (Å²) in [7, 11) is 0. The Bertz CT molecular complexity index is 666. The molecule has 0 bridgehead atoms. The molecule has 0 aliphatic heterocycles. The van der Waals surface area contributed by atoms with Crippen LogP contribution in [-0.2, 0) is 0 Å². The predicted molar refractivity (Wildman–Crippen MR) is 89.8 cm³/mol. The van der Waals surface area contributed by atoms with Gasteiger partial charge in [-0.15, -0.1) is 0 Å². The Labute approximate surface area is 135 Å². The molecule has 2 N–H and O–H groups in total. The highest BCUT2D eigenvalue weighted by Crippen LogP contribution is 2.20. The third-order valence-corrected chi connectivity index (χ3v) is 3.29. The van der Waals surface area contributed by atoms with Crippen LogP contribution in [0.25, 0.3) is 0 Å². The minimum atomic E-state index is 0.215. The number of aliphatic imine (C=N–C) groups is 1. The number of hydroxylamine groups is 1. The number of amidine groups is 1. The molecule has 0 saturated heterocycles. The second kappa shape index (κ2) is 8.70. The Morgan fingerprint density at radius 2 is 1.96 bits per heavy atom. The first kappa shape index (κ1) is 16.7. The first-order valence-electron chi connectivity index (χ1n) is 7.54. The fourth-order valence-corrected chi connectivity index (χ4v) is 2.04. The lowest BCUT2D eigenvalue weighted by Gasteiger charge is -2.08. The van der Waals surface area contributed by atoms with Gasteiger partial charge in [-0.05, 0) is 30.7 Å². The van der Waals surface area contributed by atoms with Gasteiger partial charge in [-0.3, -0.25) is 15.5 Å². The third-order valence-electron chi connectivity index (χ3n) is 3.29. The Balaban J connectivity index is 2.19. The molecule has 0 unspecified atom stereocenters. The molecule has 0 aromatic heterocycles. The average molecular weight is 312 g/mol. The number of carbonyl (C=O) groups excluding carboxylic acids is 1. The molecule has 0 fully saturated rings. The summed E-state index contributed by atoms with van der Waals surface area (Å²) in [5, 5.41) is 9.34. The van der Waals surface area contributed by atoms with Gasteiger partial charge in [-0.25, -0.2) is 4.99 Å². The molecule has 0 radical (unpaired) electrons. The van der Waals surface area contributed by atoms with E-state index in [1.807, 2.05) is 12.1 Å². The van der Waals surface area contributed by atoms with Crippen LogP contribution < -0.4 is 10.2 Å². The van der Waals surface area contributed by atoms with Crippen molar-refractivity contribution >= 4 is 17.8 Å². The topological polar surface area (TPSA) is 70.9 Å². The molecule has 5 heteroatoms. The Morgan fingerprint density at radius 3 is 2.61 bits per heavy atom. The van der Waals surface area contributed by atoms with E-state index in [-0.39, 0.29) is 5.84 Å². The first-order valence-corrected chi connectivity index (χ1v) is 7.54. The number of carbonyl (C=O) groups is 1. The molecule has 120 valence electrons. The Kier molecular flexibility index (Phi) is 6.32. The molecule has 0 atom stereocenters. The van der Waals surface area contributed by atoms with E-state index >= 15 is 0 Å². The zero-order valence-electron chi connectivity index (χ0n) is 13.0. The van der Waals surface area contributed by atoms with Gasteiger partial charge < -0.3 is 4.74 Å². The van der Waals surface area contributed by atoms with Gasteiger partial charge in [0.05, 0.1) is 12.3 Å². The maximum absolute atomic E-state index is 11.1. The highest BCUT2D eigenvalue weighted by molar-refractivity contribution is 6.05. The summed E-state index contributed by atoms with van der Waals surface area (Å²) in [6.07, 6.45) is 2.83. The molecule has 0 heterocycles. The predicted octanol–water partition coefficient (Wildman–Crippen LogP) is 3.74. The van der Waals surface area contributed by atoms with Crippen LogP contribution in [0.2, 0.25) is 0 Å². The van der Waals surface area contributed by atoms with E-state index in [9.17, 15) is 10.0 Å². The van der Waals surface area contributed by atoms with Gasteiger partial charge in [-0.1, -0.05) is 37.6 Å². The van der Waals surface area contributed by atoms with Gasteiger partial charge in [0.15, 0.2) is 12.1 Å². The number of ether oxygens (including phenoxy) is 1. The molecule has 0 spiro atoms. The molecule has 2 rings (SSSR count). The lowest BCUT2D eigenvalue weighted by molar-refractivity contribution is 0.112. The number of hydrogen-bond acceptors (Lipinski definition) is 4. The van der Waals surface area contributed by atoms with Crippen LogP contribution in [0.1, 0.15) is 35.7 Å². The van der Waals surface area contributed by atoms with Gasteiger partial charge in [0.25, 0.3) is 0 Å². The van der Waals surface area contributed by atoms with E-state index in [0.717, 1.165) is 24.9 Å². The summed E-state index contributed by atoms with van der Waals surface area (Å²) in [5.74, 6) is 0.997. The Hall–Kier alpha value is -2.66. The highest BCUT2D eigenvalue weighted by Gasteiger charge is 2.08. The molecule has 2 aromatic carbocycles. The van der Waals surface area contributed by atoms with Crippen molar-refractivity contribution in [3.8, 4) is 5.75 Å². The third kappa shape index (κ3) is 4.66. The van der Waals surface area contributed by atoms with E-state index in [1.165, 1.54) is 0 Å². The van der Waals surface area contributed by atoms with Gasteiger partial charge in [-0.2, -0.15) is 0 Å². The minimum absolute atomic E-state index is 0.215. The monoisotopic (exact) mass is 312 g/mol. The van der Waals surface area contributed by atoms with Crippen LogP contribution in [-0.4, -0.2) is 23.9 Å². The number of rotatable bonds is 7. The normalized spacial score (nSPS) is 11.1. The van der Waals surface area contributed by atoms with Crippen molar-refractivity contribution in [3.63, 3.8) is 0 Å². The molecular formula is C18H20N2O3. The quantitative estimate of drug-likeness (QED) is 0.269. The summed E-state index contributed by atoms with van der Waals surface area (Å²) in [6, 6.07) is 14.2. The van der Waals surface area contributed by atoms with Crippen molar-refractivity contribution in [2.75, 3.05) is 6.61 Å². The molecule has 0 saturated carbocycles. The van der Waals surface area contributed by atoms with Crippen molar-refractivity contribution in [1.29, 1.82) is 0 Å². The standard InChI is InChI=1S/C18H20N2O3/c1-2-3-12-23-16-10-8-15(9-11-16)19-18(20-22)17-7-5-4-6-14(17)13-21/h4-11,13,22H,2-3,12H2,1H3,(H,19,20). The summed E-state index contributed by atoms with van der Waals surface area (Å²) in [4.78, 5) is 15.4. The van der Waals surface area contributed by atoms with E-state index < -0.39 is 0 Å². The van der Waals surface area contributed by atoms with E-state index in [2.05, 4.69) is 17.4 Å². The number of nitrogens with one attached hydrogen (secondary N) is 1. The van der Waals surface area contributed by atoms with Gasteiger partial charge in [0.1, 0.15) is 5.75 Å². The van der Waals surface area contributed by atoms with Crippen LogP contribution in [0.15, 0.2) is 53.5 Å². The smallest absolute Gasteiger partial charge is 0.158 e. The van der Waals surface area contributed by atoms with Crippen molar-refractivity contribution in [2.24, 2.45) is 4.99 Å². The summed E-state index contributed by atoms with van der Waals surface area (Å²) >= 11 is 0. The zero-order valence-corrected chi connectivity index (χ0v) is 13.0. The van der Waals surface area contributed by atoms with Crippen LogP contribution >= 0.6 is 0 Å². The van der Waals surface area contributed by atoms with Gasteiger partial charge in [0.2, 0.25) is 0 Å². The van der Waals surface area contributed by atoms with Gasteiger partial charge >= 0.3 is 0 Å². The number of hydrogen-bond donors (Lipinski definition) is 2. The largest absolute Gasteiger partial charge is 0.494 e. The van der Waals surface area contributed by atoms with Crippen molar-refractivity contribution in [2.45, 2.75) is 19.8 Å².